The van der Waals surface area contributed by atoms with Gasteiger partial charge in [-0.15, -0.1) is 11.3 Å². The van der Waals surface area contributed by atoms with Gasteiger partial charge in [0.1, 0.15) is 0 Å². The predicted octanol–water partition coefficient (Wildman–Crippen LogP) is 5.12. The van der Waals surface area contributed by atoms with Crippen LogP contribution in [-0.4, -0.2) is 6.54 Å². The lowest BCUT2D eigenvalue weighted by Crippen LogP contribution is -2.27. The highest BCUT2D eigenvalue weighted by atomic mass is 35.5. The van der Waals surface area contributed by atoms with Crippen LogP contribution in [0.5, 0.6) is 0 Å². The molecule has 2 atom stereocenters. The van der Waals surface area contributed by atoms with Gasteiger partial charge in [0, 0.05) is 10.9 Å². The average molecular weight is 274 g/mol. The number of rotatable bonds is 5. The first-order valence-electron chi connectivity index (χ1n) is 6.32. The zero-order chi connectivity index (χ0) is 13.1. The van der Waals surface area contributed by atoms with E-state index in [9.17, 15) is 0 Å². The van der Waals surface area contributed by atoms with E-state index in [-0.39, 0.29) is 0 Å². The molecule has 0 aromatic carbocycles. The van der Waals surface area contributed by atoms with E-state index in [1.807, 2.05) is 6.07 Å². The molecule has 1 heterocycles. The van der Waals surface area contributed by atoms with E-state index in [1.165, 1.54) is 4.88 Å². The topological polar surface area (TPSA) is 12.0 Å². The summed E-state index contributed by atoms with van der Waals surface area (Å²) in [6, 6.07) is 2.38. The molecule has 17 heavy (non-hydrogen) atoms. The van der Waals surface area contributed by atoms with Crippen molar-refractivity contribution in [2.45, 2.75) is 47.1 Å². The first-order chi connectivity index (χ1) is 7.86. The van der Waals surface area contributed by atoms with E-state index in [2.05, 4.69) is 45.3 Å². The molecule has 0 radical (unpaired) electrons. The molecule has 1 aromatic heterocycles. The summed E-state index contributed by atoms with van der Waals surface area (Å²) >= 11 is 7.99. The molecule has 0 aliphatic heterocycles. The molecule has 3 heteroatoms. The third-order valence-corrected chi connectivity index (χ3v) is 4.95. The minimum Gasteiger partial charge on any atom is -0.309 e. The maximum atomic E-state index is 6.24. The van der Waals surface area contributed by atoms with Crippen LogP contribution in [0.1, 0.15) is 52.0 Å². The Bertz CT molecular complexity index is 340. The normalized spacial score (nSPS) is 15.9. The zero-order valence-corrected chi connectivity index (χ0v) is 13.1. The Morgan fingerprint density at radius 1 is 1.41 bits per heavy atom. The summed E-state index contributed by atoms with van der Waals surface area (Å²) in [4.78, 5) is 1.28. The molecule has 0 fully saturated rings. The molecular formula is C14H24ClNS. The van der Waals surface area contributed by atoms with E-state index < -0.39 is 0 Å². The Hall–Kier alpha value is -0.0500. The molecule has 0 aliphatic carbocycles. The van der Waals surface area contributed by atoms with Crippen LogP contribution in [0.3, 0.4) is 0 Å². The minimum absolute atomic E-state index is 0.345. The monoisotopic (exact) mass is 273 g/mol. The van der Waals surface area contributed by atoms with Crippen LogP contribution < -0.4 is 5.32 Å². The van der Waals surface area contributed by atoms with Crippen LogP contribution in [0.2, 0.25) is 5.02 Å². The Morgan fingerprint density at radius 3 is 2.47 bits per heavy atom. The van der Waals surface area contributed by atoms with Gasteiger partial charge in [0.15, 0.2) is 0 Å². The summed E-state index contributed by atoms with van der Waals surface area (Å²) in [5.74, 6) is 0.657. The summed E-state index contributed by atoms with van der Waals surface area (Å²) < 4.78 is 0. The van der Waals surface area contributed by atoms with Crippen molar-refractivity contribution < 1.29 is 0 Å². The molecule has 0 saturated heterocycles. The van der Waals surface area contributed by atoms with E-state index >= 15 is 0 Å². The van der Waals surface area contributed by atoms with Gasteiger partial charge in [-0.1, -0.05) is 46.2 Å². The van der Waals surface area contributed by atoms with E-state index in [0.717, 1.165) is 18.0 Å². The largest absolute Gasteiger partial charge is 0.309 e. The first kappa shape index (κ1) is 15.0. The van der Waals surface area contributed by atoms with Crippen LogP contribution in [0, 0.1) is 11.3 Å². The smallest absolute Gasteiger partial charge is 0.0561 e. The van der Waals surface area contributed by atoms with Crippen LogP contribution >= 0.6 is 22.9 Å². The minimum atomic E-state index is 0.345. The summed E-state index contributed by atoms with van der Waals surface area (Å²) in [6.07, 6.45) is 1.14. The van der Waals surface area contributed by atoms with Gasteiger partial charge >= 0.3 is 0 Å². The highest BCUT2D eigenvalue weighted by Crippen LogP contribution is 2.37. The Balaban J connectivity index is 2.78. The third kappa shape index (κ3) is 4.27. The molecule has 1 aromatic rings. The molecule has 98 valence electrons. The van der Waals surface area contributed by atoms with Gasteiger partial charge in [0.25, 0.3) is 0 Å². The standard InChI is InChI=1S/C14H24ClNS/c1-6-16-12(9-10(2)14(3,4)5)13-11(15)7-8-17-13/h7-8,10,12,16H,6,9H2,1-5H3. The van der Waals surface area contributed by atoms with Gasteiger partial charge in [-0.25, -0.2) is 0 Å². The number of nitrogens with one attached hydrogen (secondary N) is 1. The van der Waals surface area contributed by atoms with E-state index in [1.54, 1.807) is 11.3 Å². The number of hydrogen-bond donors (Lipinski definition) is 1. The lowest BCUT2D eigenvalue weighted by molar-refractivity contribution is 0.225. The molecule has 0 bridgehead atoms. The van der Waals surface area contributed by atoms with Crippen LogP contribution in [0.15, 0.2) is 11.4 Å². The summed E-state index contributed by atoms with van der Waals surface area (Å²) in [5.41, 5.74) is 0.345. The lowest BCUT2D eigenvalue weighted by atomic mass is 9.78. The summed E-state index contributed by atoms with van der Waals surface area (Å²) in [7, 11) is 0. The van der Waals surface area contributed by atoms with Crippen LogP contribution in [-0.2, 0) is 0 Å². The second kappa shape index (κ2) is 6.21. The van der Waals surface area contributed by atoms with Gasteiger partial charge < -0.3 is 5.32 Å². The fourth-order valence-corrected chi connectivity index (χ4v) is 3.07. The number of halogens is 1. The third-order valence-electron chi connectivity index (χ3n) is 3.48. The lowest BCUT2D eigenvalue weighted by Gasteiger charge is -2.31. The fourth-order valence-electron chi connectivity index (χ4n) is 1.79. The Kier molecular flexibility index (Phi) is 5.49. The molecule has 0 amide bonds. The van der Waals surface area contributed by atoms with E-state index in [0.29, 0.717) is 17.4 Å². The van der Waals surface area contributed by atoms with Crippen molar-refractivity contribution >= 4 is 22.9 Å². The van der Waals surface area contributed by atoms with Crippen molar-refractivity contribution in [3.63, 3.8) is 0 Å². The predicted molar refractivity (Wildman–Crippen MR) is 79.0 cm³/mol. The van der Waals surface area contributed by atoms with Crippen molar-refractivity contribution in [2.24, 2.45) is 11.3 Å². The Morgan fingerprint density at radius 2 is 2.06 bits per heavy atom. The van der Waals surface area contributed by atoms with Crippen molar-refractivity contribution in [1.29, 1.82) is 0 Å². The van der Waals surface area contributed by atoms with Crippen LogP contribution in [0.4, 0.5) is 0 Å². The van der Waals surface area contributed by atoms with Crippen molar-refractivity contribution in [3.8, 4) is 0 Å². The molecule has 0 aliphatic rings. The molecule has 0 spiro atoms. The van der Waals surface area contributed by atoms with Gasteiger partial charge in [0.05, 0.1) is 5.02 Å². The van der Waals surface area contributed by atoms with E-state index in [4.69, 9.17) is 11.6 Å². The molecule has 0 saturated carbocycles. The second-order valence-electron chi connectivity index (χ2n) is 5.75. The zero-order valence-electron chi connectivity index (χ0n) is 11.5. The molecule has 1 rings (SSSR count). The number of hydrogen-bond acceptors (Lipinski definition) is 2. The maximum Gasteiger partial charge on any atom is 0.0561 e. The van der Waals surface area contributed by atoms with Crippen LogP contribution in [0.25, 0.3) is 0 Å². The molecule has 2 unspecified atom stereocenters. The average Bonchev–Trinajstić information content (AvgIpc) is 2.62. The van der Waals surface area contributed by atoms with Gasteiger partial charge in [-0.3, -0.25) is 0 Å². The van der Waals surface area contributed by atoms with Gasteiger partial charge in [-0.2, -0.15) is 0 Å². The SMILES string of the molecule is CCNC(CC(C)C(C)(C)C)c1sccc1Cl. The van der Waals surface area contributed by atoms with Crippen molar-refractivity contribution in [1.82, 2.24) is 5.32 Å². The van der Waals surface area contributed by atoms with Crippen molar-refractivity contribution in [3.05, 3.63) is 21.3 Å². The Labute approximate surface area is 115 Å². The van der Waals surface area contributed by atoms with Gasteiger partial charge in [-0.05, 0) is 35.7 Å². The highest BCUT2D eigenvalue weighted by Gasteiger charge is 2.25. The molecular weight excluding hydrogens is 250 g/mol. The molecule has 1 nitrogen and oxygen atoms in total. The molecule has 1 N–H and O–H groups in total. The fraction of sp³-hybridized carbons (Fsp3) is 0.714. The van der Waals surface area contributed by atoms with Crippen molar-refractivity contribution in [2.75, 3.05) is 6.54 Å². The maximum absolute atomic E-state index is 6.24. The summed E-state index contributed by atoms with van der Waals surface area (Å²) in [6.45, 7) is 12.4. The summed E-state index contributed by atoms with van der Waals surface area (Å²) in [5, 5.41) is 6.53. The quantitative estimate of drug-likeness (QED) is 0.785. The number of thiophene rings is 1. The first-order valence-corrected chi connectivity index (χ1v) is 7.58. The van der Waals surface area contributed by atoms with Gasteiger partial charge in [0.2, 0.25) is 0 Å². The second-order valence-corrected chi connectivity index (χ2v) is 7.10. The highest BCUT2D eigenvalue weighted by molar-refractivity contribution is 7.10.